The van der Waals surface area contributed by atoms with Crippen LogP contribution < -0.4 is 5.32 Å². The third-order valence-corrected chi connectivity index (χ3v) is 3.09. The third kappa shape index (κ3) is 3.75. The molecule has 1 saturated heterocycles. The van der Waals surface area contributed by atoms with Gasteiger partial charge >= 0.3 is 0 Å². The minimum atomic E-state index is -0.470. The van der Waals surface area contributed by atoms with Crippen LogP contribution in [0.3, 0.4) is 0 Å². The Morgan fingerprint density at radius 1 is 1.47 bits per heavy atom. The van der Waals surface area contributed by atoms with E-state index in [-0.39, 0.29) is 24.1 Å². The van der Waals surface area contributed by atoms with Gasteiger partial charge in [-0.15, -0.1) is 0 Å². The third-order valence-electron chi connectivity index (χ3n) is 3.09. The molecule has 102 valence electrons. The lowest BCUT2D eigenvalue weighted by atomic mass is 10.1. The number of carbonyl (C=O) groups is 1. The van der Waals surface area contributed by atoms with Gasteiger partial charge in [0.2, 0.25) is 5.91 Å². The molecule has 0 bridgehead atoms. The Hall–Kier alpha value is -1.95. The highest BCUT2D eigenvalue weighted by Crippen LogP contribution is 2.18. The summed E-state index contributed by atoms with van der Waals surface area (Å²) in [5.74, 6) is -0.218. The van der Waals surface area contributed by atoms with Crippen molar-refractivity contribution in [2.75, 3.05) is 13.2 Å². The normalized spacial score (nSPS) is 18.2. The number of nitro benzene ring substituents is 1. The van der Waals surface area contributed by atoms with E-state index in [0.29, 0.717) is 12.1 Å². The molecule has 6 nitrogen and oxygen atoms in total. The molecule has 0 aliphatic carbocycles. The van der Waals surface area contributed by atoms with Crippen LogP contribution in [0.4, 0.5) is 5.69 Å². The average Bonchev–Trinajstić information content (AvgIpc) is 2.90. The fourth-order valence-corrected chi connectivity index (χ4v) is 2.11. The molecule has 0 spiro atoms. The fraction of sp³-hybridized carbons (Fsp3) is 0.462. The van der Waals surface area contributed by atoms with Gasteiger partial charge in [0.05, 0.1) is 17.4 Å². The first-order valence-electron chi connectivity index (χ1n) is 6.27. The summed E-state index contributed by atoms with van der Waals surface area (Å²) in [7, 11) is 0. The first-order chi connectivity index (χ1) is 9.16. The second-order valence-corrected chi connectivity index (χ2v) is 4.50. The van der Waals surface area contributed by atoms with Crippen molar-refractivity contribution in [3.8, 4) is 0 Å². The molecular weight excluding hydrogens is 248 g/mol. The SMILES string of the molecule is O=C(Cc1ccccc1[N+](=O)[O-])NCC1CCCO1. The highest BCUT2D eigenvalue weighted by molar-refractivity contribution is 5.79. The van der Waals surface area contributed by atoms with Crippen molar-refractivity contribution >= 4 is 11.6 Å². The second kappa shape index (κ2) is 6.29. The Balaban J connectivity index is 1.89. The number of rotatable bonds is 5. The summed E-state index contributed by atoms with van der Waals surface area (Å²) in [6, 6.07) is 6.29. The first-order valence-corrected chi connectivity index (χ1v) is 6.27. The maximum absolute atomic E-state index is 11.8. The van der Waals surface area contributed by atoms with E-state index in [4.69, 9.17) is 4.74 Å². The van der Waals surface area contributed by atoms with Gasteiger partial charge < -0.3 is 10.1 Å². The molecule has 1 atom stereocenters. The zero-order chi connectivity index (χ0) is 13.7. The molecule has 0 saturated carbocycles. The summed E-state index contributed by atoms with van der Waals surface area (Å²) in [6.45, 7) is 1.21. The molecular formula is C13H16N2O4. The number of nitrogens with one attached hydrogen (secondary N) is 1. The van der Waals surface area contributed by atoms with Crippen molar-refractivity contribution in [3.63, 3.8) is 0 Å². The smallest absolute Gasteiger partial charge is 0.273 e. The zero-order valence-electron chi connectivity index (χ0n) is 10.5. The largest absolute Gasteiger partial charge is 0.376 e. The van der Waals surface area contributed by atoms with E-state index in [9.17, 15) is 14.9 Å². The minimum Gasteiger partial charge on any atom is -0.376 e. The van der Waals surface area contributed by atoms with Crippen LogP contribution in [0.25, 0.3) is 0 Å². The monoisotopic (exact) mass is 264 g/mol. The molecule has 1 aromatic rings. The van der Waals surface area contributed by atoms with Gasteiger partial charge in [-0.05, 0) is 12.8 Å². The van der Waals surface area contributed by atoms with Crippen molar-refractivity contribution in [3.05, 3.63) is 39.9 Å². The van der Waals surface area contributed by atoms with Crippen LogP contribution in [-0.2, 0) is 16.0 Å². The van der Waals surface area contributed by atoms with Crippen LogP contribution >= 0.6 is 0 Å². The Morgan fingerprint density at radius 2 is 2.26 bits per heavy atom. The van der Waals surface area contributed by atoms with E-state index in [1.807, 2.05) is 0 Å². The molecule has 1 heterocycles. The summed E-state index contributed by atoms with van der Waals surface area (Å²) in [6.07, 6.45) is 2.06. The summed E-state index contributed by atoms with van der Waals surface area (Å²) >= 11 is 0. The molecule has 19 heavy (non-hydrogen) atoms. The molecule has 1 fully saturated rings. The molecule has 0 radical (unpaired) electrons. The summed E-state index contributed by atoms with van der Waals surface area (Å²) < 4.78 is 5.39. The lowest BCUT2D eigenvalue weighted by molar-refractivity contribution is -0.385. The second-order valence-electron chi connectivity index (χ2n) is 4.50. The minimum absolute atomic E-state index is 0.0177. The quantitative estimate of drug-likeness (QED) is 0.644. The lowest BCUT2D eigenvalue weighted by Gasteiger charge is -2.10. The van der Waals surface area contributed by atoms with Crippen molar-refractivity contribution in [2.45, 2.75) is 25.4 Å². The van der Waals surface area contributed by atoms with Gasteiger partial charge in [0.25, 0.3) is 5.69 Å². The standard InChI is InChI=1S/C13H16N2O4/c16-13(14-9-11-5-3-7-19-11)8-10-4-1-2-6-12(10)15(17)18/h1-2,4,6,11H,3,5,7-9H2,(H,14,16). The van der Waals surface area contributed by atoms with Crippen LogP contribution in [0.15, 0.2) is 24.3 Å². The van der Waals surface area contributed by atoms with Crippen LogP contribution in [0.1, 0.15) is 18.4 Å². The Kier molecular flexibility index (Phi) is 4.46. The van der Waals surface area contributed by atoms with E-state index >= 15 is 0 Å². The van der Waals surface area contributed by atoms with Gasteiger partial charge in [-0.2, -0.15) is 0 Å². The molecule has 2 rings (SSSR count). The van der Waals surface area contributed by atoms with Crippen LogP contribution in [0, 0.1) is 10.1 Å². The number of benzene rings is 1. The number of carbonyl (C=O) groups excluding carboxylic acids is 1. The predicted octanol–water partition coefficient (Wildman–Crippen LogP) is 1.43. The predicted molar refractivity (Wildman–Crippen MR) is 68.8 cm³/mol. The van der Waals surface area contributed by atoms with E-state index < -0.39 is 4.92 Å². The highest BCUT2D eigenvalue weighted by Gasteiger charge is 2.18. The molecule has 1 unspecified atom stereocenters. The molecule has 1 aliphatic rings. The highest BCUT2D eigenvalue weighted by atomic mass is 16.6. The number of hydrogen-bond acceptors (Lipinski definition) is 4. The number of ether oxygens (including phenoxy) is 1. The average molecular weight is 264 g/mol. The van der Waals surface area contributed by atoms with Gasteiger partial charge in [-0.3, -0.25) is 14.9 Å². The molecule has 1 aliphatic heterocycles. The number of amides is 1. The number of nitrogens with zero attached hydrogens (tertiary/aromatic N) is 1. The first kappa shape index (κ1) is 13.5. The van der Waals surface area contributed by atoms with Gasteiger partial charge in [0, 0.05) is 24.8 Å². The molecule has 6 heteroatoms. The van der Waals surface area contributed by atoms with E-state index in [2.05, 4.69) is 5.32 Å². The Bertz CT molecular complexity index is 469. The van der Waals surface area contributed by atoms with E-state index in [1.54, 1.807) is 18.2 Å². The van der Waals surface area contributed by atoms with Crippen molar-refractivity contribution in [2.24, 2.45) is 0 Å². The Labute approximate surface area is 110 Å². The zero-order valence-corrected chi connectivity index (χ0v) is 10.5. The molecule has 1 amide bonds. The summed E-state index contributed by atoms with van der Waals surface area (Å²) in [5, 5.41) is 13.6. The topological polar surface area (TPSA) is 81.5 Å². The molecule has 1 N–H and O–H groups in total. The van der Waals surface area contributed by atoms with Crippen LogP contribution in [0.2, 0.25) is 0 Å². The van der Waals surface area contributed by atoms with Gasteiger partial charge in [-0.25, -0.2) is 0 Å². The molecule has 0 aromatic heterocycles. The summed E-state index contributed by atoms with van der Waals surface area (Å²) in [5.41, 5.74) is 0.409. The fourth-order valence-electron chi connectivity index (χ4n) is 2.11. The van der Waals surface area contributed by atoms with E-state index in [1.165, 1.54) is 6.07 Å². The number of nitro groups is 1. The summed E-state index contributed by atoms with van der Waals surface area (Å²) in [4.78, 5) is 22.1. The van der Waals surface area contributed by atoms with Gasteiger partial charge in [-0.1, -0.05) is 18.2 Å². The van der Waals surface area contributed by atoms with Crippen molar-refractivity contribution < 1.29 is 14.5 Å². The van der Waals surface area contributed by atoms with Crippen LogP contribution in [0.5, 0.6) is 0 Å². The lowest BCUT2D eigenvalue weighted by Crippen LogP contribution is -2.32. The van der Waals surface area contributed by atoms with Gasteiger partial charge in [0.15, 0.2) is 0 Å². The van der Waals surface area contributed by atoms with Gasteiger partial charge in [0.1, 0.15) is 0 Å². The van der Waals surface area contributed by atoms with Crippen LogP contribution in [-0.4, -0.2) is 30.1 Å². The Morgan fingerprint density at radius 3 is 2.95 bits per heavy atom. The maximum Gasteiger partial charge on any atom is 0.273 e. The van der Waals surface area contributed by atoms with Crippen molar-refractivity contribution in [1.29, 1.82) is 0 Å². The van der Waals surface area contributed by atoms with Crippen molar-refractivity contribution in [1.82, 2.24) is 5.32 Å². The molecule has 1 aromatic carbocycles. The number of para-hydroxylation sites is 1. The maximum atomic E-state index is 11.8. The number of hydrogen-bond donors (Lipinski definition) is 1. The van der Waals surface area contributed by atoms with E-state index in [0.717, 1.165) is 19.4 Å².